The molecular formula is C18H16. The molecule has 0 saturated heterocycles. The molecule has 0 heteroatoms. The van der Waals surface area contributed by atoms with Gasteiger partial charge in [0.05, 0.1) is 0 Å². The van der Waals surface area contributed by atoms with E-state index >= 15 is 0 Å². The van der Waals surface area contributed by atoms with E-state index in [-0.39, 0.29) is 0 Å². The van der Waals surface area contributed by atoms with E-state index in [0.29, 0.717) is 0 Å². The van der Waals surface area contributed by atoms with Crippen LogP contribution >= 0.6 is 0 Å². The molecule has 0 fully saturated rings. The summed E-state index contributed by atoms with van der Waals surface area (Å²) in [6, 6.07) is 19.9. The van der Waals surface area contributed by atoms with Gasteiger partial charge in [-0.25, -0.2) is 0 Å². The van der Waals surface area contributed by atoms with E-state index in [1.54, 1.807) is 0 Å². The van der Waals surface area contributed by atoms with Gasteiger partial charge in [-0.2, -0.15) is 0 Å². The van der Waals surface area contributed by atoms with Gasteiger partial charge in [-0.3, -0.25) is 0 Å². The van der Waals surface area contributed by atoms with Gasteiger partial charge in [0, 0.05) is 11.1 Å². The van der Waals surface area contributed by atoms with E-state index in [0.717, 1.165) is 11.1 Å². The van der Waals surface area contributed by atoms with Crippen LogP contribution in [0.3, 0.4) is 0 Å². The third-order valence-electron chi connectivity index (χ3n) is 2.09. The molecule has 0 aliphatic heterocycles. The van der Waals surface area contributed by atoms with Crippen LogP contribution in [0.1, 0.15) is 25.0 Å². The standard InChI is InChI=1S/2C9H8/c2*1-2-6-9-7-4-3-5-8-9/h2*3-5,7-8H,1H3. The molecule has 0 radical (unpaired) electrons. The van der Waals surface area contributed by atoms with Gasteiger partial charge in [-0.1, -0.05) is 48.2 Å². The largest absolute Gasteiger partial charge is 0.101 e. The fourth-order valence-corrected chi connectivity index (χ4v) is 1.33. The van der Waals surface area contributed by atoms with Crippen molar-refractivity contribution < 1.29 is 0 Å². The fraction of sp³-hybridized carbons (Fsp3) is 0.111. The van der Waals surface area contributed by atoms with Crippen molar-refractivity contribution in [3.8, 4) is 23.7 Å². The third kappa shape index (κ3) is 5.59. The van der Waals surface area contributed by atoms with Gasteiger partial charge in [-0.05, 0) is 38.1 Å². The molecule has 0 bridgehead atoms. The van der Waals surface area contributed by atoms with Gasteiger partial charge in [0.15, 0.2) is 0 Å². The van der Waals surface area contributed by atoms with Crippen LogP contribution in [0.4, 0.5) is 0 Å². The summed E-state index contributed by atoms with van der Waals surface area (Å²) < 4.78 is 0. The number of hydrogen-bond acceptors (Lipinski definition) is 0. The summed E-state index contributed by atoms with van der Waals surface area (Å²) in [5.41, 5.74) is 2.17. The van der Waals surface area contributed by atoms with E-state index in [1.165, 1.54) is 0 Å². The van der Waals surface area contributed by atoms with Crippen molar-refractivity contribution in [3.63, 3.8) is 0 Å². The highest BCUT2D eigenvalue weighted by Crippen LogP contribution is 1.94. The summed E-state index contributed by atoms with van der Waals surface area (Å²) in [6.07, 6.45) is 0. The summed E-state index contributed by atoms with van der Waals surface area (Å²) in [7, 11) is 0. The molecule has 0 nitrogen and oxygen atoms in total. The maximum Gasteiger partial charge on any atom is 0.0245 e. The highest BCUT2D eigenvalue weighted by atomic mass is 13.8. The molecule has 0 aliphatic rings. The fourth-order valence-electron chi connectivity index (χ4n) is 1.33. The molecule has 0 unspecified atom stereocenters. The zero-order valence-electron chi connectivity index (χ0n) is 10.8. The van der Waals surface area contributed by atoms with Crippen molar-refractivity contribution in [1.82, 2.24) is 0 Å². The second kappa shape index (κ2) is 8.68. The molecule has 0 spiro atoms. The molecule has 0 N–H and O–H groups in total. The zero-order chi connectivity index (χ0) is 13.1. The molecule has 0 amide bonds. The Balaban J connectivity index is 0.000000180. The van der Waals surface area contributed by atoms with Gasteiger partial charge < -0.3 is 0 Å². The summed E-state index contributed by atoms with van der Waals surface area (Å²) in [5, 5.41) is 0. The smallest absolute Gasteiger partial charge is 0.0245 e. The van der Waals surface area contributed by atoms with Gasteiger partial charge in [0.1, 0.15) is 0 Å². The first-order valence-electron chi connectivity index (χ1n) is 5.82. The van der Waals surface area contributed by atoms with Crippen LogP contribution in [-0.4, -0.2) is 0 Å². The van der Waals surface area contributed by atoms with E-state index in [2.05, 4.69) is 23.7 Å². The Morgan fingerprint density at radius 2 is 0.889 bits per heavy atom. The average Bonchev–Trinajstić information content (AvgIpc) is 2.43. The topological polar surface area (TPSA) is 0 Å². The van der Waals surface area contributed by atoms with Crippen LogP contribution in [0.5, 0.6) is 0 Å². The average molecular weight is 232 g/mol. The molecule has 18 heavy (non-hydrogen) atoms. The maximum atomic E-state index is 2.96. The summed E-state index contributed by atoms with van der Waals surface area (Å²) in [5.74, 6) is 11.6. The molecule has 2 aromatic rings. The van der Waals surface area contributed by atoms with Gasteiger partial charge in [0.25, 0.3) is 0 Å². The molecule has 0 aromatic heterocycles. The molecule has 0 atom stereocenters. The van der Waals surface area contributed by atoms with Crippen molar-refractivity contribution in [2.24, 2.45) is 0 Å². The summed E-state index contributed by atoms with van der Waals surface area (Å²) >= 11 is 0. The lowest BCUT2D eigenvalue weighted by Gasteiger charge is -1.83. The second-order valence-electron chi connectivity index (χ2n) is 3.48. The highest BCUT2D eigenvalue weighted by molar-refractivity contribution is 5.33. The van der Waals surface area contributed by atoms with E-state index < -0.39 is 0 Å². The van der Waals surface area contributed by atoms with Crippen LogP contribution < -0.4 is 0 Å². The Morgan fingerprint density at radius 3 is 1.17 bits per heavy atom. The van der Waals surface area contributed by atoms with Crippen LogP contribution in [0, 0.1) is 23.7 Å². The minimum absolute atomic E-state index is 1.08. The van der Waals surface area contributed by atoms with Gasteiger partial charge in [0.2, 0.25) is 0 Å². The molecule has 2 aromatic carbocycles. The van der Waals surface area contributed by atoms with Crippen LogP contribution in [-0.2, 0) is 0 Å². The van der Waals surface area contributed by atoms with Gasteiger partial charge >= 0.3 is 0 Å². The lowest BCUT2D eigenvalue weighted by atomic mass is 10.2. The van der Waals surface area contributed by atoms with Crippen molar-refractivity contribution in [2.75, 3.05) is 0 Å². The number of rotatable bonds is 0. The van der Waals surface area contributed by atoms with Crippen molar-refractivity contribution >= 4 is 0 Å². The highest BCUT2D eigenvalue weighted by Gasteiger charge is 1.78. The number of benzene rings is 2. The Hall–Kier alpha value is -2.44. The maximum absolute atomic E-state index is 2.96. The molecule has 88 valence electrons. The van der Waals surface area contributed by atoms with Crippen molar-refractivity contribution in [1.29, 1.82) is 0 Å². The molecule has 0 aliphatic carbocycles. The van der Waals surface area contributed by atoms with Crippen molar-refractivity contribution in [3.05, 3.63) is 71.8 Å². The van der Waals surface area contributed by atoms with Crippen LogP contribution in [0.2, 0.25) is 0 Å². The summed E-state index contributed by atoms with van der Waals surface area (Å²) in [6.45, 7) is 3.68. The Morgan fingerprint density at radius 1 is 0.556 bits per heavy atom. The lowest BCUT2D eigenvalue weighted by Crippen LogP contribution is -1.67. The SMILES string of the molecule is CC#Cc1ccccc1.CC#Cc1ccccc1. The van der Waals surface area contributed by atoms with E-state index in [4.69, 9.17) is 0 Å². The van der Waals surface area contributed by atoms with Crippen LogP contribution in [0.25, 0.3) is 0 Å². The summed E-state index contributed by atoms with van der Waals surface area (Å²) in [4.78, 5) is 0. The third-order valence-corrected chi connectivity index (χ3v) is 2.09. The molecule has 0 saturated carbocycles. The first-order valence-corrected chi connectivity index (χ1v) is 5.82. The minimum Gasteiger partial charge on any atom is -0.101 e. The quantitative estimate of drug-likeness (QED) is 0.599. The first kappa shape index (κ1) is 13.6. The van der Waals surface area contributed by atoms with E-state index in [1.807, 2.05) is 74.5 Å². The van der Waals surface area contributed by atoms with E-state index in [9.17, 15) is 0 Å². The minimum atomic E-state index is 1.08. The predicted octanol–water partition coefficient (Wildman–Crippen LogP) is 4.12. The molecular weight excluding hydrogens is 216 g/mol. The second-order valence-corrected chi connectivity index (χ2v) is 3.48. The normalized spacial score (nSPS) is 7.67. The van der Waals surface area contributed by atoms with Crippen LogP contribution in [0.15, 0.2) is 60.7 Å². The van der Waals surface area contributed by atoms with Gasteiger partial charge in [-0.15, -0.1) is 11.8 Å². The van der Waals surface area contributed by atoms with Crippen molar-refractivity contribution in [2.45, 2.75) is 13.8 Å². The number of hydrogen-bond donors (Lipinski definition) is 0. The Kier molecular flexibility index (Phi) is 6.57. The molecule has 0 heterocycles. The monoisotopic (exact) mass is 232 g/mol. The Bertz CT molecular complexity index is 502. The first-order chi connectivity index (χ1) is 8.86. The molecule has 2 rings (SSSR count). The predicted molar refractivity (Wildman–Crippen MR) is 78.0 cm³/mol. The Labute approximate surface area is 110 Å². The zero-order valence-corrected chi connectivity index (χ0v) is 10.8. The lowest BCUT2D eigenvalue weighted by molar-refractivity contribution is 1.64.